The first-order valence-electron chi connectivity index (χ1n) is 6.98. The summed E-state index contributed by atoms with van der Waals surface area (Å²) in [5.41, 5.74) is 6.75. The second kappa shape index (κ2) is 5.94. The second-order valence-corrected chi connectivity index (χ2v) is 7.37. The Morgan fingerprint density at radius 2 is 2.14 bits per heavy atom. The van der Waals surface area contributed by atoms with Gasteiger partial charge in [0.2, 0.25) is 0 Å². The Bertz CT molecular complexity index is 678. The van der Waals surface area contributed by atoms with Gasteiger partial charge in [-0.15, -0.1) is 11.3 Å². The highest BCUT2D eigenvalue weighted by Gasteiger charge is 2.26. The van der Waals surface area contributed by atoms with Crippen LogP contribution in [-0.4, -0.2) is 35.6 Å². The number of piperidine rings is 1. The lowest BCUT2D eigenvalue weighted by molar-refractivity contribution is 0.0656. The highest BCUT2D eigenvalue weighted by atomic mass is 79.9. The van der Waals surface area contributed by atoms with E-state index in [0.29, 0.717) is 29.6 Å². The van der Waals surface area contributed by atoms with E-state index in [1.54, 1.807) is 0 Å². The van der Waals surface area contributed by atoms with E-state index in [9.17, 15) is 9.90 Å². The Balaban J connectivity index is 1.87. The fourth-order valence-corrected chi connectivity index (χ4v) is 4.14. The van der Waals surface area contributed by atoms with Crippen LogP contribution >= 0.6 is 27.3 Å². The molecule has 0 unspecified atom stereocenters. The van der Waals surface area contributed by atoms with Gasteiger partial charge in [-0.1, -0.05) is 15.9 Å². The standard InChI is InChI=1S/C15H17BrN2O2S/c16-10-1-2-12-11(7-10)13(17)14(21-12)15(20)18-5-3-9(8-19)4-6-18/h1-2,7,9,19H,3-6,8,17H2. The van der Waals surface area contributed by atoms with Crippen molar-refractivity contribution in [3.8, 4) is 0 Å². The molecule has 1 saturated heterocycles. The van der Waals surface area contributed by atoms with Crippen LogP contribution in [0.2, 0.25) is 0 Å². The van der Waals surface area contributed by atoms with Gasteiger partial charge in [-0.3, -0.25) is 4.79 Å². The number of carbonyl (C=O) groups excluding carboxylic acids is 1. The van der Waals surface area contributed by atoms with Gasteiger partial charge in [0.15, 0.2) is 0 Å². The van der Waals surface area contributed by atoms with Gasteiger partial charge in [0.05, 0.1) is 5.69 Å². The first-order chi connectivity index (χ1) is 10.1. The normalized spacial score (nSPS) is 16.6. The Morgan fingerprint density at radius 1 is 1.43 bits per heavy atom. The summed E-state index contributed by atoms with van der Waals surface area (Å²) in [4.78, 5) is 15.1. The van der Waals surface area contributed by atoms with Crippen molar-refractivity contribution in [3.63, 3.8) is 0 Å². The van der Waals surface area contributed by atoms with E-state index >= 15 is 0 Å². The van der Waals surface area contributed by atoms with Crippen LogP contribution in [0.1, 0.15) is 22.5 Å². The fraction of sp³-hybridized carbons (Fsp3) is 0.400. The lowest BCUT2D eigenvalue weighted by Crippen LogP contribution is -2.39. The average molecular weight is 369 g/mol. The monoisotopic (exact) mass is 368 g/mol. The molecule has 2 heterocycles. The quantitative estimate of drug-likeness (QED) is 0.855. The number of anilines is 1. The third-order valence-electron chi connectivity index (χ3n) is 4.04. The van der Waals surface area contributed by atoms with E-state index in [2.05, 4.69) is 15.9 Å². The summed E-state index contributed by atoms with van der Waals surface area (Å²) in [5.74, 6) is 0.339. The van der Waals surface area contributed by atoms with Crippen molar-refractivity contribution in [2.75, 3.05) is 25.4 Å². The molecule has 0 radical (unpaired) electrons. The molecule has 112 valence electrons. The number of amides is 1. The molecule has 4 nitrogen and oxygen atoms in total. The molecule has 0 aliphatic carbocycles. The zero-order chi connectivity index (χ0) is 15.0. The molecule has 1 aromatic heterocycles. The van der Waals surface area contributed by atoms with E-state index in [0.717, 1.165) is 27.4 Å². The summed E-state index contributed by atoms with van der Waals surface area (Å²) in [5, 5.41) is 10.1. The smallest absolute Gasteiger partial charge is 0.266 e. The number of nitrogen functional groups attached to an aromatic ring is 1. The van der Waals surface area contributed by atoms with Crippen LogP contribution in [-0.2, 0) is 0 Å². The highest BCUT2D eigenvalue weighted by molar-refractivity contribution is 9.10. The summed E-state index contributed by atoms with van der Waals surface area (Å²) in [6.07, 6.45) is 1.72. The molecular formula is C15H17BrN2O2S. The molecule has 3 rings (SSSR count). The first kappa shape index (κ1) is 14.8. The molecule has 1 amide bonds. The Labute approximate surface area is 135 Å². The summed E-state index contributed by atoms with van der Waals surface area (Å²) >= 11 is 4.89. The number of aliphatic hydroxyl groups excluding tert-OH is 1. The van der Waals surface area contributed by atoms with Crippen LogP contribution in [0.15, 0.2) is 22.7 Å². The molecule has 21 heavy (non-hydrogen) atoms. The van der Waals surface area contributed by atoms with Gasteiger partial charge in [0.1, 0.15) is 4.88 Å². The van der Waals surface area contributed by atoms with Crippen LogP contribution < -0.4 is 5.73 Å². The molecule has 0 atom stereocenters. The highest BCUT2D eigenvalue weighted by Crippen LogP contribution is 2.36. The molecule has 6 heteroatoms. The fourth-order valence-electron chi connectivity index (χ4n) is 2.71. The number of hydrogen-bond donors (Lipinski definition) is 2. The third kappa shape index (κ3) is 2.80. The maximum absolute atomic E-state index is 12.7. The summed E-state index contributed by atoms with van der Waals surface area (Å²) < 4.78 is 1.99. The number of hydrogen-bond acceptors (Lipinski definition) is 4. The van der Waals surface area contributed by atoms with Crippen LogP contribution in [0.4, 0.5) is 5.69 Å². The minimum absolute atomic E-state index is 0.0150. The predicted octanol–water partition coefficient (Wildman–Crippen LogP) is 3.09. The van der Waals surface area contributed by atoms with Crippen LogP contribution in [0.5, 0.6) is 0 Å². The van der Waals surface area contributed by atoms with Crippen molar-refractivity contribution in [1.82, 2.24) is 4.90 Å². The van der Waals surface area contributed by atoms with Gasteiger partial charge in [-0.05, 0) is 37.0 Å². The summed E-state index contributed by atoms with van der Waals surface area (Å²) in [6.45, 7) is 1.60. The van der Waals surface area contributed by atoms with Gasteiger partial charge in [0.25, 0.3) is 5.91 Å². The van der Waals surface area contributed by atoms with Gasteiger partial charge >= 0.3 is 0 Å². The molecule has 2 aromatic rings. The Morgan fingerprint density at radius 3 is 2.81 bits per heavy atom. The minimum atomic E-state index is 0.0150. The lowest BCUT2D eigenvalue weighted by Gasteiger charge is -2.30. The number of likely N-dealkylation sites (tertiary alicyclic amines) is 1. The number of thiophene rings is 1. The number of fused-ring (bicyclic) bond motifs is 1. The number of rotatable bonds is 2. The van der Waals surface area contributed by atoms with Gasteiger partial charge in [0, 0.05) is 34.3 Å². The molecule has 0 bridgehead atoms. The molecule has 0 spiro atoms. The predicted molar refractivity (Wildman–Crippen MR) is 89.7 cm³/mol. The van der Waals surface area contributed by atoms with E-state index in [1.807, 2.05) is 23.1 Å². The van der Waals surface area contributed by atoms with Gasteiger partial charge in [-0.2, -0.15) is 0 Å². The maximum atomic E-state index is 12.7. The van der Waals surface area contributed by atoms with Crippen LogP contribution in [0.3, 0.4) is 0 Å². The molecular weight excluding hydrogens is 352 g/mol. The number of nitrogens with zero attached hydrogens (tertiary/aromatic N) is 1. The number of halogens is 1. The van der Waals surface area contributed by atoms with Crippen molar-refractivity contribution < 1.29 is 9.90 Å². The van der Waals surface area contributed by atoms with E-state index in [-0.39, 0.29) is 12.5 Å². The molecule has 0 saturated carbocycles. The zero-order valence-corrected chi connectivity index (χ0v) is 13.9. The molecule has 1 aliphatic rings. The zero-order valence-electron chi connectivity index (χ0n) is 11.5. The molecule has 1 aliphatic heterocycles. The Kier molecular flexibility index (Phi) is 4.19. The molecule has 1 aromatic carbocycles. The van der Waals surface area contributed by atoms with Crippen molar-refractivity contribution in [2.24, 2.45) is 5.92 Å². The third-order valence-corrected chi connectivity index (χ3v) is 5.71. The summed E-state index contributed by atoms with van der Waals surface area (Å²) in [7, 11) is 0. The second-order valence-electron chi connectivity index (χ2n) is 5.40. The van der Waals surface area contributed by atoms with Gasteiger partial charge in [-0.25, -0.2) is 0 Å². The van der Waals surface area contributed by atoms with Crippen LogP contribution in [0.25, 0.3) is 10.1 Å². The first-order valence-corrected chi connectivity index (χ1v) is 8.58. The van der Waals surface area contributed by atoms with E-state index in [4.69, 9.17) is 5.73 Å². The largest absolute Gasteiger partial charge is 0.397 e. The van der Waals surface area contributed by atoms with Crippen molar-refractivity contribution in [3.05, 3.63) is 27.5 Å². The van der Waals surface area contributed by atoms with Crippen molar-refractivity contribution in [1.29, 1.82) is 0 Å². The topological polar surface area (TPSA) is 66.6 Å². The number of carbonyl (C=O) groups is 1. The SMILES string of the molecule is Nc1c(C(=O)N2CCC(CO)CC2)sc2ccc(Br)cc12. The summed E-state index contributed by atoms with van der Waals surface area (Å²) in [6, 6.07) is 5.89. The molecule has 1 fully saturated rings. The van der Waals surface area contributed by atoms with Crippen LogP contribution in [0, 0.1) is 5.92 Å². The van der Waals surface area contributed by atoms with Gasteiger partial charge < -0.3 is 15.7 Å². The maximum Gasteiger partial charge on any atom is 0.266 e. The lowest BCUT2D eigenvalue weighted by atomic mass is 9.98. The van der Waals surface area contributed by atoms with E-state index in [1.165, 1.54) is 11.3 Å². The molecule has 3 N–H and O–H groups in total. The number of aliphatic hydroxyl groups is 1. The average Bonchev–Trinajstić information content (AvgIpc) is 2.83. The number of benzene rings is 1. The number of nitrogens with two attached hydrogens (primary N) is 1. The van der Waals surface area contributed by atoms with Crippen molar-refractivity contribution >= 4 is 48.9 Å². The minimum Gasteiger partial charge on any atom is -0.397 e. The van der Waals surface area contributed by atoms with E-state index < -0.39 is 0 Å². The van der Waals surface area contributed by atoms with Crippen molar-refractivity contribution in [2.45, 2.75) is 12.8 Å². The Hall–Kier alpha value is -1.11.